The first-order valence-corrected chi connectivity index (χ1v) is 5.55. The Morgan fingerprint density at radius 1 is 1.33 bits per heavy atom. The van der Waals surface area contributed by atoms with E-state index in [1.54, 1.807) is 0 Å². The molecule has 0 radical (unpaired) electrons. The van der Waals surface area contributed by atoms with Crippen molar-refractivity contribution >= 4 is 11.0 Å². The van der Waals surface area contributed by atoms with Crippen LogP contribution in [0.4, 0.5) is 0 Å². The van der Waals surface area contributed by atoms with E-state index in [9.17, 15) is 0 Å². The zero-order valence-corrected chi connectivity index (χ0v) is 9.07. The number of furan rings is 1. The lowest BCUT2D eigenvalue weighted by Gasteiger charge is -2.06. The Kier molecular flexibility index (Phi) is 3.07. The van der Waals surface area contributed by atoms with Gasteiger partial charge in [-0.3, -0.25) is 0 Å². The molecule has 0 bridgehead atoms. The molecule has 0 amide bonds. The summed E-state index contributed by atoms with van der Waals surface area (Å²) in [6.07, 6.45) is 3.32. The molecule has 15 heavy (non-hydrogen) atoms. The van der Waals surface area contributed by atoms with Crippen molar-refractivity contribution in [3.63, 3.8) is 0 Å². The minimum absolute atomic E-state index is 0.0392. The van der Waals surface area contributed by atoms with Gasteiger partial charge < -0.3 is 10.2 Å². The van der Waals surface area contributed by atoms with Gasteiger partial charge in [0.05, 0.1) is 6.04 Å². The molecule has 2 N–H and O–H groups in total. The highest BCUT2D eigenvalue weighted by atomic mass is 16.3. The number of rotatable bonds is 4. The summed E-state index contributed by atoms with van der Waals surface area (Å²) in [6, 6.07) is 10.1. The smallest absolute Gasteiger partial charge is 0.134 e. The van der Waals surface area contributed by atoms with Gasteiger partial charge in [-0.1, -0.05) is 38.0 Å². The molecule has 1 heterocycles. The van der Waals surface area contributed by atoms with Crippen molar-refractivity contribution in [1.82, 2.24) is 0 Å². The van der Waals surface area contributed by atoms with E-state index in [0.717, 1.165) is 29.6 Å². The van der Waals surface area contributed by atoms with Crippen LogP contribution in [-0.2, 0) is 0 Å². The second-order valence-corrected chi connectivity index (χ2v) is 3.94. The number of para-hydroxylation sites is 1. The van der Waals surface area contributed by atoms with Crippen LogP contribution in [0, 0.1) is 0 Å². The van der Waals surface area contributed by atoms with Gasteiger partial charge in [0.1, 0.15) is 11.3 Å². The van der Waals surface area contributed by atoms with E-state index in [2.05, 4.69) is 19.1 Å². The number of nitrogens with two attached hydrogens (primary N) is 1. The molecule has 1 aromatic heterocycles. The zero-order chi connectivity index (χ0) is 10.7. The summed E-state index contributed by atoms with van der Waals surface area (Å²) in [5, 5.41) is 1.14. The fraction of sp³-hybridized carbons (Fsp3) is 0.385. The lowest BCUT2D eigenvalue weighted by molar-refractivity contribution is 0.468. The normalized spacial score (nSPS) is 13.2. The van der Waals surface area contributed by atoms with E-state index in [1.165, 1.54) is 6.42 Å². The number of hydrogen-bond acceptors (Lipinski definition) is 2. The van der Waals surface area contributed by atoms with E-state index in [4.69, 9.17) is 10.2 Å². The first kappa shape index (κ1) is 10.2. The summed E-state index contributed by atoms with van der Waals surface area (Å²) in [4.78, 5) is 0. The molecule has 0 aliphatic carbocycles. The number of hydrogen-bond donors (Lipinski definition) is 1. The molecular formula is C13H17NO. The molecule has 0 spiro atoms. The van der Waals surface area contributed by atoms with Crippen molar-refractivity contribution in [2.45, 2.75) is 32.2 Å². The summed E-state index contributed by atoms with van der Waals surface area (Å²) >= 11 is 0. The topological polar surface area (TPSA) is 39.2 Å². The Morgan fingerprint density at radius 2 is 2.13 bits per heavy atom. The molecule has 2 heteroatoms. The van der Waals surface area contributed by atoms with Crippen molar-refractivity contribution in [2.75, 3.05) is 0 Å². The third-order valence-corrected chi connectivity index (χ3v) is 2.68. The first-order chi connectivity index (χ1) is 7.31. The molecular weight excluding hydrogens is 186 g/mol. The monoisotopic (exact) mass is 203 g/mol. The third-order valence-electron chi connectivity index (χ3n) is 2.68. The van der Waals surface area contributed by atoms with Crippen LogP contribution in [0.3, 0.4) is 0 Å². The van der Waals surface area contributed by atoms with Crippen molar-refractivity contribution in [2.24, 2.45) is 5.73 Å². The van der Waals surface area contributed by atoms with E-state index in [1.807, 2.05) is 18.2 Å². The maximum absolute atomic E-state index is 6.05. The van der Waals surface area contributed by atoms with Crippen molar-refractivity contribution in [3.05, 3.63) is 36.1 Å². The fourth-order valence-electron chi connectivity index (χ4n) is 1.75. The van der Waals surface area contributed by atoms with Crippen LogP contribution in [-0.4, -0.2) is 0 Å². The van der Waals surface area contributed by atoms with Gasteiger partial charge in [0.25, 0.3) is 0 Å². The molecule has 0 saturated carbocycles. The molecule has 0 fully saturated rings. The highest BCUT2D eigenvalue weighted by Crippen LogP contribution is 2.24. The van der Waals surface area contributed by atoms with Crippen LogP contribution in [0.2, 0.25) is 0 Å². The van der Waals surface area contributed by atoms with E-state index >= 15 is 0 Å². The predicted molar refractivity (Wildman–Crippen MR) is 62.7 cm³/mol. The number of unbranched alkanes of at least 4 members (excludes halogenated alkanes) is 1. The maximum atomic E-state index is 6.05. The highest BCUT2D eigenvalue weighted by Gasteiger charge is 2.10. The number of benzene rings is 1. The summed E-state index contributed by atoms with van der Waals surface area (Å²) < 4.78 is 5.70. The molecule has 1 aromatic carbocycles. The van der Waals surface area contributed by atoms with Crippen LogP contribution >= 0.6 is 0 Å². The summed E-state index contributed by atoms with van der Waals surface area (Å²) in [7, 11) is 0. The van der Waals surface area contributed by atoms with Gasteiger partial charge in [-0.2, -0.15) is 0 Å². The Bertz CT molecular complexity index is 400. The second kappa shape index (κ2) is 4.49. The van der Waals surface area contributed by atoms with Gasteiger partial charge in [-0.15, -0.1) is 0 Å². The van der Waals surface area contributed by atoms with Crippen LogP contribution in [0.5, 0.6) is 0 Å². The average molecular weight is 203 g/mol. The molecule has 2 rings (SSSR count). The molecule has 1 atom stereocenters. The summed E-state index contributed by atoms with van der Waals surface area (Å²) in [5.41, 5.74) is 6.98. The minimum atomic E-state index is 0.0392. The maximum Gasteiger partial charge on any atom is 0.134 e. The van der Waals surface area contributed by atoms with Crippen LogP contribution < -0.4 is 5.73 Å². The van der Waals surface area contributed by atoms with Crippen LogP contribution in [0.15, 0.2) is 34.7 Å². The molecule has 2 aromatic rings. The van der Waals surface area contributed by atoms with Gasteiger partial charge in [-0.05, 0) is 18.6 Å². The molecule has 1 unspecified atom stereocenters. The fourth-order valence-corrected chi connectivity index (χ4v) is 1.75. The lowest BCUT2D eigenvalue weighted by Crippen LogP contribution is -2.08. The third kappa shape index (κ3) is 2.21. The Labute approximate surface area is 90.1 Å². The zero-order valence-electron chi connectivity index (χ0n) is 9.07. The molecule has 0 aliphatic heterocycles. The Balaban J connectivity index is 2.20. The van der Waals surface area contributed by atoms with Crippen LogP contribution in [0.25, 0.3) is 11.0 Å². The average Bonchev–Trinajstić information content (AvgIpc) is 2.69. The Morgan fingerprint density at radius 3 is 2.87 bits per heavy atom. The van der Waals surface area contributed by atoms with Crippen molar-refractivity contribution in [1.29, 1.82) is 0 Å². The quantitative estimate of drug-likeness (QED) is 0.824. The largest absolute Gasteiger partial charge is 0.459 e. The second-order valence-electron chi connectivity index (χ2n) is 3.94. The molecule has 80 valence electrons. The van der Waals surface area contributed by atoms with Gasteiger partial charge in [0, 0.05) is 5.39 Å². The summed E-state index contributed by atoms with van der Waals surface area (Å²) in [6.45, 7) is 2.17. The molecule has 0 aliphatic rings. The SMILES string of the molecule is CCCCC(N)c1cc2ccccc2o1. The first-order valence-electron chi connectivity index (χ1n) is 5.55. The van der Waals surface area contributed by atoms with Gasteiger partial charge >= 0.3 is 0 Å². The van der Waals surface area contributed by atoms with Crippen LogP contribution in [0.1, 0.15) is 38.0 Å². The standard InChI is InChI=1S/C13H17NO/c1-2-3-7-11(14)13-9-10-6-4-5-8-12(10)15-13/h4-6,8-9,11H,2-3,7,14H2,1H3. The van der Waals surface area contributed by atoms with E-state index in [0.29, 0.717) is 0 Å². The molecule has 0 saturated heterocycles. The van der Waals surface area contributed by atoms with Gasteiger partial charge in [0.15, 0.2) is 0 Å². The molecule has 2 nitrogen and oxygen atoms in total. The van der Waals surface area contributed by atoms with E-state index < -0.39 is 0 Å². The van der Waals surface area contributed by atoms with Crippen molar-refractivity contribution in [3.8, 4) is 0 Å². The lowest BCUT2D eigenvalue weighted by atomic mass is 10.1. The van der Waals surface area contributed by atoms with Crippen molar-refractivity contribution < 1.29 is 4.42 Å². The van der Waals surface area contributed by atoms with E-state index in [-0.39, 0.29) is 6.04 Å². The number of fused-ring (bicyclic) bond motifs is 1. The summed E-state index contributed by atoms with van der Waals surface area (Å²) in [5.74, 6) is 0.907. The highest BCUT2D eigenvalue weighted by molar-refractivity contribution is 5.77. The predicted octanol–water partition coefficient (Wildman–Crippen LogP) is 3.62. The Hall–Kier alpha value is -1.28. The van der Waals surface area contributed by atoms with Gasteiger partial charge in [-0.25, -0.2) is 0 Å². The minimum Gasteiger partial charge on any atom is -0.459 e. The van der Waals surface area contributed by atoms with Gasteiger partial charge in [0.2, 0.25) is 0 Å².